The summed E-state index contributed by atoms with van der Waals surface area (Å²) in [5.41, 5.74) is -0.210. The zero-order valence-corrected chi connectivity index (χ0v) is 11.9. The first-order valence-corrected chi connectivity index (χ1v) is 7.74. The Kier molecular flexibility index (Phi) is 2.95. The Morgan fingerprint density at radius 3 is 2.61 bits per heavy atom. The van der Waals surface area contributed by atoms with Crippen molar-refractivity contribution in [3.63, 3.8) is 0 Å². The van der Waals surface area contributed by atoms with Gasteiger partial charge in [0.15, 0.2) is 0 Å². The maximum absolute atomic E-state index is 11.4. The minimum atomic E-state index is -0.210. The van der Waals surface area contributed by atoms with Crippen LogP contribution in [0, 0.1) is 29.6 Å². The summed E-state index contributed by atoms with van der Waals surface area (Å²) in [6.07, 6.45) is 8.01. The summed E-state index contributed by atoms with van der Waals surface area (Å²) < 4.78 is 5.73. The van der Waals surface area contributed by atoms with Gasteiger partial charge < -0.3 is 4.74 Å². The highest BCUT2D eigenvalue weighted by molar-refractivity contribution is 5.66. The third-order valence-electron chi connectivity index (χ3n) is 6.29. The number of rotatable bonds is 3. The first-order chi connectivity index (χ1) is 8.55. The Morgan fingerprint density at radius 2 is 1.94 bits per heavy atom. The van der Waals surface area contributed by atoms with E-state index in [0.717, 1.165) is 30.1 Å². The van der Waals surface area contributed by atoms with E-state index >= 15 is 0 Å². The average Bonchev–Trinajstić information content (AvgIpc) is 2.99. The van der Waals surface area contributed by atoms with E-state index < -0.39 is 0 Å². The van der Waals surface area contributed by atoms with Gasteiger partial charge in [0.05, 0.1) is 0 Å². The van der Waals surface area contributed by atoms with Crippen molar-refractivity contribution in [1.82, 2.24) is 0 Å². The van der Waals surface area contributed by atoms with Gasteiger partial charge in [-0.2, -0.15) is 0 Å². The molecule has 0 heterocycles. The quantitative estimate of drug-likeness (QED) is 0.712. The second-order valence-corrected chi connectivity index (χ2v) is 7.02. The van der Waals surface area contributed by atoms with E-state index in [2.05, 4.69) is 13.8 Å². The summed E-state index contributed by atoms with van der Waals surface area (Å²) in [7, 11) is 0. The first-order valence-electron chi connectivity index (χ1n) is 7.74. The molecule has 3 aliphatic carbocycles. The smallest absolute Gasteiger partial charge is 0.303 e. The molecule has 3 aliphatic rings. The van der Waals surface area contributed by atoms with Crippen LogP contribution in [-0.2, 0) is 9.53 Å². The van der Waals surface area contributed by atoms with Gasteiger partial charge in [0.1, 0.15) is 5.60 Å². The lowest BCUT2D eigenvalue weighted by Gasteiger charge is -2.42. The van der Waals surface area contributed by atoms with Crippen molar-refractivity contribution in [2.45, 2.75) is 64.9 Å². The normalized spacial score (nSPS) is 44.7. The van der Waals surface area contributed by atoms with Crippen LogP contribution >= 0.6 is 0 Å². The average molecular weight is 250 g/mol. The van der Waals surface area contributed by atoms with Gasteiger partial charge in [-0.1, -0.05) is 13.3 Å². The van der Waals surface area contributed by atoms with E-state index in [0.29, 0.717) is 5.92 Å². The molecule has 0 aliphatic heterocycles. The largest absolute Gasteiger partial charge is 0.459 e. The topological polar surface area (TPSA) is 26.3 Å². The second-order valence-electron chi connectivity index (χ2n) is 7.02. The van der Waals surface area contributed by atoms with Crippen molar-refractivity contribution in [2.75, 3.05) is 0 Å². The van der Waals surface area contributed by atoms with Crippen LogP contribution in [0.5, 0.6) is 0 Å². The van der Waals surface area contributed by atoms with Crippen LogP contribution in [0.4, 0.5) is 0 Å². The maximum Gasteiger partial charge on any atom is 0.303 e. The standard InChI is InChI=1S/C16H26O2/c1-4-16(3,18-10(2)17)15-9-11-8-14(15)13-7-5-6-12(11)13/h11-15H,4-9H2,1-3H3. The Bertz CT molecular complexity index is 351. The fourth-order valence-corrected chi connectivity index (χ4v) is 5.51. The zero-order valence-electron chi connectivity index (χ0n) is 11.9. The van der Waals surface area contributed by atoms with Crippen molar-refractivity contribution in [2.24, 2.45) is 29.6 Å². The van der Waals surface area contributed by atoms with Crippen LogP contribution in [0.15, 0.2) is 0 Å². The number of hydrogen-bond donors (Lipinski definition) is 0. The van der Waals surface area contributed by atoms with Crippen molar-refractivity contribution in [3.05, 3.63) is 0 Å². The molecule has 3 saturated carbocycles. The Morgan fingerprint density at radius 1 is 1.22 bits per heavy atom. The number of carbonyl (C=O) groups excluding carboxylic acids is 1. The van der Waals surface area contributed by atoms with Crippen molar-refractivity contribution in [3.8, 4) is 0 Å². The van der Waals surface area contributed by atoms with Gasteiger partial charge >= 0.3 is 5.97 Å². The van der Waals surface area contributed by atoms with E-state index in [1.807, 2.05) is 0 Å². The molecule has 0 amide bonds. The summed E-state index contributed by atoms with van der Waals surface area (Å²) in [6.45, 7) is 5.89. The monoisotopic (exact) mass is 250 g/mol. The van der Waals surface area contributed by atoms with Gasteiger partial charge in [-0.25, -0.2) is 0 Å². The van der Waals surface area contributed by atoms with Crippen LogP contribution in [-0.4, -0.2) is 11.6 Å². The molecule has 6 atom stereocenters. The highest BCUT2D eigenvalue weighted by Gasteiger charge is 2.58. The van der Waals surface area contributed by atoms with E-state index in [-0.39, 0.29) is 11.6 Å². The molecule has 2 bridgehead atoms. The molecule has 3 fully saturated rings. The molecule has 102 valence electrons. The summed E-state index contributed by atoms with van der Waals surface area (Å²) in [6, 6.07) is 0. The highest BCUT2D eigenvalue weighted by atomic mass is 16.6. The van der Waals surface area contributed by atoms with E-state index in [1.54, 1.807) is 6.92 Å². The molecule has 0 saturated heterocycles. The lowest BCUT2D eigenvalue weighted by Crippen LogP contribution is -2.44. The predicted octanol–water partition coefficient (Wildman–Crippen LogP) is 3.79. The lowest BCUT2D eigenvalue weighted by molar-refractivity contribution is -0.165. The maximum atomic E-state index is 11.4. The number of carbonyl (C=O) groups is 1. The Hall–Kier alpha value is -0.530. The van der Waals surface area contributed by atoms with Gasteiger partial charge in [0, 0.05) is 12.8 Å². The molecule has 2 nitrogen and oxygen atoms in total. The zero-order chi connectivity index (χ0) is 12.9. The van der Waals surface area contributed by atoms with Crippen LogP contribution < -0.4 is 0 Å². The highest BCUT2D eigenvalue weighted by Crippen LogP contribution is 2.63. The number of esters is 1. The van der Waals surface area contributed by atoms with Crippen LogP contribution in [0.2, 0.25) is 0 Å². The fourth-order valence-electron chi connectivity index (χ4n) is 5.51. The third-order valence-corrected chi connectivity index (χ3v) is 6.29. The SMILES string of the molecule is CCC(C)(OC(C)=O)C1CC2CC1C1CCCC21. The Labute approximate surface area is 110 Å². The van der Waals surface area contributed by atoms with Gasteiger partial charge in [0.25, 0.3) is 0 Å². The molecule has 0 aromatic heterocycles. The van der Waals surface area contributed by atoms with E-state index in [9.17, 15) is 4.79 Å². The van der Waals surface area contributed by atoms with Crippen molar-refractivity contribution >= 4 is 5.97 Å². The summed E-state index contributed by atoms with van der Waals surface area (Å²) in [5, 5.41) is 0. The Balaban J connectivity index is 1.79. The van der Waals surface area contributed by atoms with Crippen LogP contribution in [0.25, 0.3) is 0 Å². The molecule has 0 N–H and O–H groups in total. The van der Waals surface area contributed by atoms with Gasteiger partial charge in [-0.15, -0.1) is 0 Å². The predicted molar refractivity (Wildman–Crippen MR) is 71.0 cm³/mol. The molecular formula is C16H26O2. The number of fused-ring (bicyclic) bond motifs is 5. The molecule has 0 aromatic rings. The number of ether oxygens (including phenoxy) is 1. The molecule has 2 heteroatoms. The number of hydrogen-bond acceptors (Lipinski definition) is 2. The van der Waals surface area contributed by atoms with E-state index in [4.69, 9.17) is 4.74 Å². The fraction of sp³-hybridized carbons (Fsp3) is 0.938. The van der Waals surface area contributed by atoms with Gasteiger partial charge in [-0.05, 0) is 62.7 Å². The minimum Gasteiger partial charge on any atom is -0.459 e. The molecule has 0 radical (unpaired) electrons. The summed E-state index contributed by atoms with van der Waals surface area (Å²) >= 11 is 0. The van der Waals surface area contributed by atoms with Gasteiger partial charge in [0.2, 0.25) is 0 Å². The first kappa shape index (κ1) is 12.5. The lowest BCUT2D eigenvalue weighted by atomic mass is 9.68. The van der Waals surface area contributed by atoms with Crippen molar-refractivity contribution < 1.29 is 9.53 Å². The molecule has 0 aromatic carbocycles. The van der Waals surface area contributed by atoms with Crippen LogP contribution in [0.3, 0.4) is 0 Å². The molecule has 3 rings (SSSR count). The molecular weight excluding hydrogens is 224 g/mol. The van der Waals surface area contributed by atoms with Crippen molar-refractivity contribution in [1.29, 1.82) is 0 Å². The second kappa shape index (κ2) is 4.25. The molecule has 6 unspecified atom stereocenters. The molecule has 0 spiro atoms. The summed E-state index contributed by atoms with van der Waals surface area (Å²) in [4.78, 5) is 11.4. The third kappa shape index (κ3) is 1.71. The van der Waals surface area contributed by atoms with Gasteiger partial charge in [-0.3, -0.25) is 4.79 Å². The summed E-state index contributed by atoms with van der Waals surface area (Å²) in [5.74, 6) is 4.27. The molecule has 18 heavy (non-hydrogen) atoms. The van der Waals surface area contributed by atoms with E-state index in [1.165, 1.54) is 32.1 Å². The van der Waals surface area contributed by atoms with Crippen LogP contribution in [0.1, 0.15) is 59.3 Å². The minimum absolute atomic E-state index is 0.106.